The van der Waals surface area contributed by atoms with E-state index in [0.717, 1.165) is 12.8 Å². The zero-order chi connectivity index (χ0) is 27.4. The van der Waals surface area contributed by atoms with Crippen molar-refractivity contribution in [2.75, 3.05) is 0 Å². The van der Waals surface area contributed by atoms with Crippen LogP contribution >= 0.6 is 7.26 Å². The molecular formula is C34H56P+. The average Bonchev–Trinajstić information content (AvgIpc) is 2.62. The lowest BCUT2D eigenvalue weighted by Crippen LogP contribution is -2.51. The van der Waals surface area contributed by atoms with Gasteiger partial charge in [-0.1, -0.05) is 67.5 Å². The van der Waals surface area contributed by atoms with Gasteiger partial charge in [-0.3, -0.25) is 0 Å². The SMILES string of the molecule is CCc1cc(CC)c(C(C)(C)C)c([P+](c2cc(C)cc(C)c2)(C(C)(C)C)C(C)(C)C)c1C(C)(C)C. The molecule has 2 aromatic rings. The Morgan fingerprint density at radius 3 is 1.14 bits per heavy atom. The standard InChI is InChI=1S/C34H56P/c1-17-25-22-26(18-2)29(32(8,9)10)30(28(25)31(5,6)7)35(33(11,12)13,34(14,15)16)27-20-23(3)19-24(4)21-27/h19-22H,17-18H2,1-16H3/q+1. The third-order valence-corrected chi connectivity index (χ3v) is 13.8. The van der Waals surface area contributed by atoms with Gasteiger partial charge in [0.15, 0.2) is 0 Å². The molecule has 0 N–H and O–H groups in total. The monoisotopic (exact) mass is 495 g/mol. The topological polar surface area (TPSA) is 0 Å². The van der Waals surface area contributed by atoms with Crippen LogP contribution in [0.4, 0.5) is 0 Å². The minimum atomic E-state index is -1.97. The lowest BCUT2D eigenvalue weighted by atomic mass is 9.75. The predicted molar refractivity (Wildman–Crippen MR) is 164 cm³/mol. The van der Waals surface area contributed by atoms with Crippen molar-refractivity contribution in [3.63, 3.8) is 0 Å². The molecule has 0 bridgehead atoms. The molecule has 0 amide bonds. The molecule has 0 aliphatic rings. The van der Waals surface area contributed by atoms with E-state index < -0.39 is 7.26 Å². The number of benzene rings is 2. The largest absolute Gasteiger partial charge is 0.108 e. The molecule has 0 atom stereocenters. The van der Waals surface area contributed by atoms with E-state index in [1.807, 2.05) is 0 Å². The molecule has 35 heavy (non-hydrogen) atoms. The zero-order valence-electron chi connectivity index (χ0n) is 26.2. The maximum atomic E-state index is 2.58. The molecule has 0 aliphatic carbocycles. The first-order chi connectivity index (χ1) is 15.6. The highest BCUT2D eigenvalue weighted by atomic mass is 31.2. The summed E-state index contributed by atoms with van der Waals surface area (Å²) < 4.78 is 0. The van der Waals surface area contributed by atoms with Gasteiger partial charge in [0, 0.05) is 11.1 Å². The van der Waals surface area contributed by atoms with Gasteiger partial charge in [-0.2, -0.15) is 0 Å². The average molecular weight is 496 g/mol. The fourth-order valence-electron chi connectivity index (χ4n) is 7.08. The van der Waals surface area contributed by atoms with Crippen LogP contribution in [0.1, 0.15) is 130 Å². The van der Waals surface area contributed by atoms with Gasteiger partial charge in [0.1, 0.15) is 10.6 Å². The fraction of sp³-hybridized carbons (Fsp3) is 0.647. The molecule has 1 heteroatoms. The smallest absolute Gasteiger partial charge is 0.0613 e. The Bertz CT molecular complexity index is 982. The van der Waals surface area contributed by atoms with E-state index in [4.69, 9.17) is 0 Å². The highest BCUT2D eigenvalue weighted by molar-refractivity contribution is 7.92. The second-order valence-electron chi connectivity index (χ2n) is 14.9. The van der Waals surface area contributed by atoms with Gasteiger partial charge in [0.25, 0.3) is 0 Å². The van der Waals surface area contributed by atoms with Crippen molar-refractivity contribution in [2.24, 2.45) is 0 Å². The highest BCUT2D eigenvalue weighted by Gasteiger charge is 2.64. The minimum absolute atomic E-state index is 0.0631. The molecule has 0 saturated heterocycles. The Morgan fingerprint density at radius 2 is 0.886 bits per heavy atom. The van der Waals surface area contributed by atoms with E-state index >= 15 is 0 Å². The van der Waals surface area contributed by atoms with Crippen molar-refractivity contribution in [2.45, 2.75) is 145 Å². The van der Waals surface area contributed by atoms with Gasteiger partial charge < -0.3 is 0 Å². The van der Waals surface area contributed by atoms with Crippen molar-refractivity contribution in [1.82, 2.24) is 0 Å². The first-order valence-corrected chi connectivity index (χ1v) is 15.6. The van der Waals surface area contributed by atoms with E-state index in [1.54, 1.807) is 32.9 Å². The van der Waals surface area contributed by atoms with Crippen LogP contribution in [0.5, 0.6) is 0 Å². The predicted octanol–water partition coefficient (Wildman–Crippen LogP) is 9.59. The van der Waals surface area contributed by atoms with Gasteiger partial charge in [0.2, 0.25) is 0 Å². The van der Waals surface area contributed by atoms with E-state index in [2.05, 4.69) is 135 Å². The molecule has 0 spiro atoms. The molecule has 2 rings (SSSR count). The number of hydrogen-bond acceptors (Lipinski definition) is 0. The van der Waals surface area contributed by atoms with Gasteiger partial charge in [-0.25, -0.2) is 0 Å². The van der Waals surface area contributed by atoms with Crippen molar-refractivity contribution in [3.8, 4) is 0 Å². The Morgan fingerprint density at radius 1 is 0.543 bits per heavy atom. The molecule has 196 valence electrons. The van der Waals surface area contributed by atoms with Gasteiger partial charge in [-0.05, 0) is 113 Å². The van der Waals surface area contributed by atoms with Crippen LogP contribution in [-0.4, -0.2) is 10.3 Å². The molecular weight excluding hydrogens is 439 g/mol. The summed E-state index contributed by atoms with van der Waals surface area (Å²) in [6.45, 7) is 39.2. The summed E-state index contributed by atoms with van der Waals surface area (Å²) in [6, 6.07) is 10.0. The molecule has 0 unspecified atom stereocenters. The van der Waals surface area contributed by atoms with Crippen LogP contribution in [-0.2, 0) is 23.7 Å². The molecule has 0 aliphatic heterocycles. The summed E-state index contributed by atoms with van der Waals surface area (Å²) in [7, 11) is -1.97. The zero-order valence-corrected chi connectivity index (χ0v) is 27.1. The van der Waals surface area contributed by atoms with Crippen molar-refractivity contribution >= 4 is 17.9 Å². The van der Waals surface area contributed by atoms with E-state index in [0.29, 0.717) is 0 Å². The summed E-state index contributed by atoms with van der Waals surface area (Å²) >= 11 is 0. The van der Waals surface area contributed by atoms with Crippen LogP contribution < -0.4 is 10.6 Å². The van der Waals surface area contributed by atoms with Gasteiger partial charge in [0.05, 0.1) is 17.6 Å². The first kappa shape index (κ1) is 30.1. The summed E-state index contributed by atoms with van der Waals surface area (Å²) in [5, 5.41) is 3.51. The Labute approximate surface area is 220 Å². The lowest BCUT2D eigenvalue weighted by molar-refractivity contribution is 0.565. The highest BCUT2D eigenvalue weighted by Crippen LogP contribution is 2.76. The third-order valence-electron chi connectivity index (χ3n) is 7.67. The Hall–Kier alpha value is -1.13. The van der Waals surface area contributed by atoms with Gasteiger partial charge >= 0.3 is 0 Å². The summed E-state index contributed by atoms with van der Waals surface area (Å²) in [5.41, 5.74) is 9.25. The van der Waals surface area contributed by atoms with Crippen LogP contribution in [0.3, 0.4) is 0 Å². The van der Waals surface area contributed by atoms with Crippen molar-refractivity contribution in [3.05, 3.63) is 57.6 Å². The van der Waals surface area contributed by atoms with E-state index in [1.165, 1.54) is 11.1 Å². The molecule has 0 nitrogen and oxygen atoms in total. The molecule has 0 aromatic heterocycles. The fourth-order valence-corrected chi connectivity index (χ4v) is 14.7. The van der Waals surface area contributed by atoms with Crippen molar-refractivity contribution < 1.29 is 0 Å². The molecule has 0 fully saturated rings. The van der Waals surface area contributed by atoms with Crippen LogP contribution in [0, 0.1) is 13.8 Å². The lowest BCUT2D eigenvalue weighted by Gasteiger charge is -2.51. The maximum Gasteiger partial charge on any atom is 0.108 e. The summed E-state index contributed by atoms with van der Waals surface area (Å²) in [6.07, 6.45) is 2.16. The number of aryl methyl sites for hydroxylation is 4. The number of rotatable bonds is 4. The Kier molecular flexibility index (Phi) is 8.28. The summed E-state index contributed by atoms with van der Waals surface area (Å²) in [4.78, 5) is 0. The quantitative estimate of drug-likeness (QED) is 0.370. The maximum absolute atomic E-state index is 2.58. The first-order valence-electron chi connectivity index (χ1n) is 13.8. The van der Waals surface area contributed by atoms with Crippen LogP contribution in [0.2, 0.25) is 0 Å². The minimum Gasteiger partial charge on any atom is -0.0613 e. The molecule has 0 heterocycles. The van der Waals surface area contributed by atoms with E-state index in [-0.39, 0.29) is 21.1 Å². The molecule has 2 aromatic carbocycles. The number of hydrogen-bond donors (Lipinski definition) is 0. The second-order valence-corrected chi connectivity index (χ2v) is 19.8. The van der Waals surface area contributed by atoms with Crippen LogP contribution in [0.25, 0.3) is 0 Å². The third kappa shape index (κ3) is 5.30. The Balaban J connectivity index is 3.53. The summed E-state index contributed by atoms with van der Waals surface area (Å²) in [5.74, 6) is 0. The van der Waals surface area contributed by atoms with E-state index in [9.17, 15) is 0 Å². The van der Waals surface area contributed by atoms with Crippen molar-refractivity contribution in [1.29, 1.82) is 0 Å². The molecule has 0 radical (unpaired) electrons. The van der Waals surface area contributed by atoms with Gasteiger partial charge in [-0.15, -0.1) is 0 Å². The molecule has 0 saturated carbocycles. The second kappa shape index (κ2) is 9.63. The normalized spacial score (nSPS) is 13.9. The van der Waals surface area contributed by atoms with Crippen LogP contribution in [0.15, 0.2) is 24.3 Å².